The molecule has 2 heterocycles. The fraction of sp³-hybridized carbons (Fsp3) is 0.500. The van der Waals surface area contributed by atoms with Gasteiger partial charge in [0.05, 0.1) is 30.6 Å². The molecule has 1 atom stereocenters. The number of fused-ring (bicyclic) bond motifs is 1. The monoisotopic (exact) mass is 261 g/mol. The Labute approximate surface area is 112 Å². The second kappa shape index (κ2) is 5.59. The van der Waals surface area contributed by atoms with Crippen molar-refractivity contribution in [1.82, 2.24) is 5.32 Å². The highest BCUT2D eigenvalue weighted by Gasteiger charge is 2.22. The molecule has 5 nitrogen and oxygen atoms in total. The van der Waals surface area contributed by atoms with Crippen LogP contribution >= 0.6 is 0 Å². The number of morpholine rings is 1. The Hall–Kier alpha value is -1.59. The van der Waals surface area contributed by atoms with Crippen LogP contribution in [-0.2, 0) is 9.53 Å². The van der Waals surface area contributed by atoms with Crippen molar-refractivity contribution in [3.8, 4) is 0 Å². The van der Waals surface area contributed by atoms with Gasteiger partial charge in [-0.25, -0.2) is 0 Å². The van der Waals surface area contributed by atoms with Gasteiger partial charge < -0.3 is 20.3 Å². The largest absolute Gasteiger partial charge is 0.376 e. The Kier molecular flexibility index (Phi) is 3.66. The van der Waals surface area contributed by atoms with Crippen molar-refractivity contribution in [2.75, 3.05) is 43.0 Å². The van der Waals surface area contributed by atoms with Crippen molar-refractivity contribution >= 4 is 17.3 Å². The summed E-state index contributed by atoms with van der Waals surface area (Å²) in [5.41, 5.74) is 2.01. The van der Waals surface area contributed by atoms with E-state index in [-0.39, 0.29) is 12.0 Å². The van der Waals surface area contributed by atoms with Crippen molar-refractivity contribution in [3.63, 3.8) is 0 Å². The summed E-state index contributed by atoms with van der Waals surface area (Å²) >= 11 is 0. The highest BCUT2D eigenvalue weighted by molar-refractivity contribution is 6.01. The van der Waals surface area contributed by atoms with Crippen LogP contribution in [0.4, 0.5) is 11.4 Å². The first kappa shape index (κ1) is 12.4. The van der Waals surface area contributed by atoms with E-state index < -0.39 is 0 Å². The standard InChI is InChI=1S/C14H19N3O2/c18-14-10-17(7-5-11-9-15-6-8-19-11)13-4-2-1-3-12(13)16-14/h1-4,11,15H,5-10H2,(H,16,18). The van der Waals surface area contributed by atoms with E-state index in [9.17, 15) is 4.79 Å². The molecule has 0 bridgehead atoms. The zero-order chi connectivity index (χ0) is 13.1. The average Bonchev–Trinajstić information content (AvgIpc) is 2.45. The molecular weight excluding hydrogens is 242 g/mol. The maximum atomic E-state index is 11.7. The fourth-order valence-electron chi connectivity index (χ4n) is 2.61. The van der Waals surface area contributed by atoms with Crippen LogP contribution in [0.2, 0.25) is 0 Å². The zero-order valence-corrected chi connectivity index (χ0v) is 10.9. The van der Waals surface area contributed by atoms with Crippen molar-refractivity contribution in [2.24, 2.45) is 0 Å². The molecule has 0 spiro atoms. The van der Waals surface area contributed by atoms with Gasteiger partial charge in [0.1, 0.15) is 0 Å². The lowest BCUT2D eigenvalue weighted by atomic mass is 10.1. The molecule has 2 N–H and O–H groups in total. The summed E-state index contributed by atoms with van der Waals surface area (Å²) in [5.74, 6) is 0.0568. The summed E-state index contributed by atoms with van der Waals surface area (Å²) in [5, 5.41) is 6.23. The lowest BCUT2D eigenvalue weighted by molar-refractivity contribution is -0.115. The third-order valence-electron chi connectivity index (χ3n) is 3.58. The van der Waals surface area contributed by atoms with E-state index in [4.69, 9.17) is 4.74 Å². The number of anilines is 2. The second-order valence-corrected chi connectivity index (χ2v) is 4.97. The maximum absolute atomic E-state index is 11.7. The van der Waals surface area contributed by atoms with Crippen LogP contribution < -0.4 is 15.5 Å². The number of hydrogen-bond acceptors (Lipinski definition) is 4. The first-order chi connectivity index (χ1) is 9.33. The Balaban J connectivity index is 1.65. The van der Waals surface area contributed by atoms with E-state index in [2.05, 4.69) is 21.6 Å². The molecule has 5 heteroatoms. The third kappa shape index (κ3) is 2.88. The molecule has 0 aromatic heterocycles. The molecule has 3 rings (SSSR count). The average molecular weight is 261 g/mol. The predicted molar refractivity (Wildman–Crippen MR) is 74.5 cm³/mol. The molecular formula is C14H19N3O2. The molecule has 2 aliphatic rings. The summed E-state index contributed by atoms with van der Waals surface area (Å²) in [4.78, 5) is 13.8. The summed E-state index contributed by atoms with van der Waals surface area (Å²) in [7, 11) is 0. The molecule has 1 saturated heterocycles. The first-order valence-electron chi connectivity index (χ1n) is 6.79. The molecule has 1 amide bonds. The molecule has 2 aliphatic heterocycles. The van der Waals surface area contributed by atoms with Gasteiger partial charge in [-0.3, -0.25) is 4.79 Å². The smallest absolute Gasteiger partial charge is 0.243 e. The Morgan fingerprint density at radius 1 is 1.37 bits per heavy atom. The molecule has 0 saturated carbocycles. The summed E-state index contributed by atoms with van der Waals surface area (Å²) in [6.45, 7) is 3.89. The number of ether oxygens (including phenoxy) is 1. The maximum Gasteiger partial charge on any atom is 0.243 e. The Morgan fingerprint density at radius 2 is 2.26 bits per heavy atom. The summed E-state index contributed by atoms with van der Waals surface area (Å²) in [6, 6.07) is 7.94. The highest BCUT2D eigenvalue weighted by Crippen LogP contribution is 2.28. The number of benzene rings is 1. The SMILES string of the molecule is O=C1CN(CCC2CNCCO2)c2ccccc2N1. The van der Waals surface area contributed by atoms with Gasteiger partial charge >= 0.3 is 0 Å². The Morgan fingerprint density at radius 3 is 3.11 bits per heavy atom. The van der Waals surface area contributed by atoms with Gasteiger partial charge in [-0.2, -0.15) is 0 Å². The van der Waals surface area contributed by atoms with Gasteiger partial charge in [-0.05, 0) is 18.6 Å². The van der Waals surface area contributed by atoms with Crippen LogP contribution in [0.15, 0.2) is 24.3 Å². The highest BCUT2D eigenvalue weighted by atomic mass is 16.5. The Bertz CT molecular complexity index is 458. The van der Waals surface area contributed by atoms with E-state index in [1.165, 1.54) is 0 Å². The van der Waals surface area contributed by atoms with Crippen LogP contribution in [0.3, 0.4) is 0 Å². The van der Waals surface area contributed by atoms with E-state index in [1.54, 1.807) is 0 Å². The summed E-state index contributed by atoms with van der Waals surface area (Å²) < 4.78 is 5.69. The number of para-hydroxylation sites is 2. The van der Waals surface area contributed by atoms with Crippen molar-refractivity contribution in [3.05, 3.63) is 24.3 Å². The number of amides is 1. The minimum absolute atomic E-state index is 0.0568. The fourth-order valence-corrected chi connectivity index (χ4v) is 2.61. The molecule has 0 radical (unpaired) electrons. The lowest BCUT2D eigenvalue weighted by Gasteiger charge is -2.32. The van der Waals surface area contributed by atoms with E-state index in [1.807, 2.05) is 18.2 Å². The van der Waals surface area contributed by atoms with Crippen LogP contribution in [0.25, 0.3) is 0 Å². The molecule has 1 fully saturated rings. The van der Waals surface area contributed by atoms with Crippen LogP contribution in [0.5, 0.6) is 0 Å². The quantitative estimate of drug-likeness (QED) is 0.846. The second-order valence-electron chi connectivity index (χ2n) is 4.97. The molecule has 0 aliphatic carbocycles. The number of rotatable bonds is 3. The minimum atomic E-state index is 0.0568. The third-order valence-corrected chi connectivity index (χ3v) is 3.58. The molecule has 102 valence electrons. The van der Waals surface area contributed by atoms with Gasteiger partial charge in [0.2, 0.25) is 5.91 Å². The van der Waals surface area contributed by atoms with Crippen LogP contribution in [-0.4, -0.2) is 44.8 Å². The minimum Gasteiger partial charge on any atom is -0.376 e. The van der Waals surface area contributed by atoms with E-state index in [0.717, 1.165) is 44.0 Å². The van der Waals surface area contributed by atoms with Crippen LogP contribution in [0, 0.1) is 0 Å². The number of carbonyl (C=O) groups is 1. The number of nitrogens with zero attached hydrogens (tertiary/aromatic N) is 1. The molecule has 19 heavy (non-hydrogen) atoms. The van der Waals surface area contributed by atoms with Gasteiger partial charge in [0.15, 0.2) is 0 Å². The van der Waals surface area contributed by atoms with Gasteiger partial charge in [-0.15, -0.1) is 0 Å². The molecule has 1 unspecified atom stereocenters. The predicted octanol–water partition coefficient (Wildman–Crippen LogP) is 0.824. The van der Waals surface area contributed by atoms with Crippen molar-refractivity contribution < 1.29 is 9.53 Å². The first-order valence-corrected chi connectivity index (χ1v) is 6.79. The summed E-state index contributed by atoms with van der Waals surface area (Å²) in [6.07, 6.45) is 1.19. The van der Waals surface area contributed by atoms with Gasteiger partial charge in [-0.1, -0.05) is 12.1 Å². The van der Waals surface area contributed by atoms with E-state index >= 15 is 0 Å². The molecule has 1 aromatic rings. The normalized spacial score (nSPS) is 22.8. The number of hydrogen-bond donors (Lipinski definition) is 2. The van der Waals surface area contributed by atoms with Gasteiger partial charge in [0.25, 0.3) is 0 Å². The topological polar surface area (TPSA) is 53.6 Å². The van der Waals surface area contributed by atoms with Gasteiger partial charge in [0, 0.05) is 19.6 Å². The van der Waals surface area contributed by atoms with Crippen molar-refractivity contribution in [1.29, 1.82) is 0 Å². The number of carbonyl (C=O) groups excluding carboxylic acids is 1. The van der Waals surface area contributed by atoms with Crippen LogP contribution in [0.1, 0.15) is 6.42 Å². The zero-order valence-electron chi connectivity index (χ0n) is 10.9. The lowest BCUT2D eigenvalue weighted by Crippen LogP contribution is -2.43. The van der Waals surface area contributed by atoms with E-state index in [0.29, 0.717) is 6.54 Å². The molecule has 1 aromatic carbocycles. The number of nitrogens with one attached hydrogen (secondary N) is 2. The van der Waals surface area contributed by atoms with Crippen molar-refractivity contribution in [2.45, 2.75) is 12.5 Å².